The number of thioether (sulfide) groups is 1. The molecule has 3 aromatic rings. The Kier molecular flexibility index (Phi) is 7.95. The van der Waals surface area contributed by atoms with Crippen LogP contribution in [0.5, 0.6) is 0 Å². The van der Waals surface area contributed by atoms with Gasteiger partial charge < -0.3 is 0 Å². The second-order valence-corrected chi connectivity index (χ2v) is 10.1. The van der Waals surface area contributed by atoms with Crippen LogP contribution < -0.4 is 0 Å². The van der Waals surface area contributed by atoms with Gasteiger partial charge in [0, 0.05) is 23.9 Å². The zero-order valence-corrected chi connectivity index (χ0v) is 21.0. The first-order chi connectivity index (χ1) is 16.5. The molecule has 1 aliphatic heterocycles. The Balaban J connectivity index is 1.67. The van der Waals surface area contributed by atoms with Gasteiger partial charge in [0.15, 0.2) is 0 Å². The number of halogens is 1. The molecule has 1 unspecified atom stereocenters. The summed E-state index contributed by atoms with van der Waals surface area (Å²) in [6, 6.07) is 16.0. The van der Waals surface area contributed by atoms with Gasteiger partial charge in [-0.25, -0.2) is 9.07 Å². The third-order valence-corrected chi connectivity index (χ3v) is 7.40. The first kappa shape index (κ1) is 24.4. The number of para-hydroxylation sites is 1. The summed E-state index contributed by atoms with van der Waals surface area (Å²) in [4.78, 5) is 15.6. The second-order valence-electron chi connectivity index (χ2n) is 8.43. The topological polar surface area (TPSA) is 38.1 Å². The lowest BCUT2D eigenvalue weighted by Crippen LogP contribution is -2.33. The summed E-state index contributed by atoms with van der Waals surface area (Å²) in [7, 11) is 0. The van der Waals surface area contributed by atoms with E-state index in [0.717, 1.165) is 42.5 Å². The van der Waals surface area contributed by atoms with Crippen molar-refractivity contribution in [2.45, 2.75) is 39.5 Å². The van der Waals surface area contributed by atoms with Crippen LogP contribution in [0.25, 0.3) is 23.0 Å². The summed E-state index contributed by atoms with van der Waals surface area (Å²) in [5, 5.41) is 4.76. The van der Waals surface area contributed by atoms with Gasteiger partial charge in [-0.1, -0.05) is 75.3 Å². The average molecular weight is 494 g/mol. The van der Waals surface area contributed by atoms with Gasteiger partial charge in [-0.05, 0) is 54.8 Å². The predicted octanol–water partition coefficient (Wildman–Crippen LogP) is 7.10. The van der Waals surface area contributed by atoms with Crippen molar-refractivity contribution in [1.82, 2.24) is 14.7 Å². The third-order valence-electron chi connectivity index (χ3n) is 6.03. The van der Waals surface area contributed by atoms with Crippen molar-refractivity contribution in [3.63, 3.8) is 0 Å². The van der Waals surface area contributed by atoms with E-state index >= 15 is 0 Å². The van der Waals surface area contributed by atoms with Crippen LogP contribution in [0.1, 0.15) is 45.1 Å². The minimum Gasteiger partial charge on any atom is -0.293 e. The number of thiocarbonyl (C=S) groups is 1. The normalized spacial score (nSPS) is 16.0. The number of hydrogen-bond acceptors (Lipinski definition) is 4. The molecular weight excluding hydrogens is 465 g/mol. The van der Waals surface area contributed by atoms with Crippen molar-refractivity contribution < 1.29 is 9.18 Å². The Hall–Kier alpha value is -2.77. The number of carbonyl (C=O) groups excluding carboxylic acids is 1. The monoisotopic (exact) mass is 493 g/mol. The minimum atomic E-state index is -0.304. The number of hydrogen-bond donors (Lipinski definition) is 0. The van der Waals surface area contributed by atoms with Crippen molar-refractivity contribution in [3.8, 4) is 16.9 Å². The number of benzene rings is 2. The number of rotatable bonds is 9. The standard InChI is InChI=1S/C27H28FN3OS2/c1-3-5-9-19(4-2)17-30-26(32)24(34-27(30)33)16-21-18-31(23-10-7-6-8-11-23)29-25(21)20-12-14-22(28)15-13-20/h6-8,10-16,18-19H,3-5,9,17H2,1-2H3. The lowest BCUT2D eigenvalue weighted by Gasteiger charge is -2.21. The van der Waals surface area contributed by atoms with Crippen LogP contribution >= 0.6 is 24.0 Å². The van der Waals surface area contributed by atoms with E-state index in [4.69, 9.17) is 17.3 Å². The van der Waals surface area contributed by atoms with Gasteiger partial charge >= 0.3 is 0 Å². The highest BCUT2D eigenvalue weighted by molar-refractivity contribution is 8.26. The van der Waals surface area contributed by atoms with Crippen LogP contribution in [0, 0.1) is 11.7 Å². The molecule has 2 heterocycles. The van der Waals surface area contributed by atoms with E-state index in [9.17, 15) is 9.18 Å². The first-order valence-corrected chi connectivity index (χ1v) is 12.9. The van der Waals surface area contributed by atoms with Crippen molar-refractivity contribution >= 4 is 40.3 Å². The Morgan fingerprint density at radius 3 is 2.53 bits per heavy atom. The number of aromatic nitrogens is 2. The van der Waals surface area contributed by atoms with Crippen LogP contribution in [0.2, 0.25) is 0 Å². The van der Waals surface area contributed by atoms with E-state index in [1.807, 2.05) is 42.6 Å². The largest absolute Gasteiger partial charge is 0.293 e. The van der Waals surface area contributed by atoms with Gasteiger partial charge in [-0.3, -0.25) is 9.69 Å². The Morgan fingerprint density at radius 2 is 1.85 bits per heavy atom. The molecule has 0 saturated carbocycles. The van der Waals surface area contributed by atoms with Gasteiger partial charge in [-0.15, -0.1) is 0 Å². The molecule has 0 spiro atoms. The van der Waals surface area contributed by atoms with E-state index in [2.05, 4.69) is 13.8 Å². The molecule has 7 heteroatoms. The molecule has 4 rings (SSSR count). The van der Waals surface area contributed by atoms with Gasteiger partial charge in [0.2, 0.25) is 0 Å². The fraction of sp³-hybridized carbons (Fsp3) is 0.296. The number of unbranched alkanes of at least 4 members (excludes halogenated alkanes) is 1. The van der Waals surface area contributed by atoms with E-state index in [1.54, 1.807) is 21.7 Å². The average Bonchev–Trinajstić information content (AvgIpc) is 3.39. The van der Waals surface area contributed by atoms with Gasteiger partial charge in [0.1, 0.15) is 10.1 Å². The Morgan fingerprint density at radius 1 is 1.12 bits per heavy atom. The van der Waals surface area contributed by atoms with Crippen LogP contribution in [0.3, 0.4) is 0 Å². The molecule has 1 aliphatic rings. The van der Waals surface area contributed by atoms with Gasteiger partial charge in [0.25, 0.3) is 5.91 Å². The van der Waals surface area contributed by atoms with Crippen molar-refractivity contribution in [1.29, 1.82) is 0 Å². The maximum Gasteiger partial charge on any atom is 0.266 e. The molecule has 0 N–H and O–H groups in total. The summed E-state index contributed by atoms with van der Waals surface area (Å²) in [6.45, 7) is 5.01. The highest BCUT2D eigenvalue weighted by atomic mass is 32.2. The summed E-state index contributed by atoms with van der Waals surface area (Å²) in [6.07, 6.45) is 8.18. The lowest BCUT2D eigenvalue weighted by molar-refractivity contribution is -0.122. The zero-order valence-electron chi connectivity index (χ0n) is 19.4. The molecule has 1 saturated heterocycles. The fourth-order valence-corrected chi connectivity index (χ4v) is 5.28. The van der Waals surface area contributed by atoms with Crippen molar-refractivity contribution in [2.75, 3.05) is 6.54 Å². The quantitative estimate of drug-likeness (QED) is 0.235. The molecule has 1 aromatic heterocycles. The molecule has 34 heavy (non-hydrogen) atoms. The zero-order chi connectivity index (χ0) is 24.1. The van der Waals surface area contributed by atoms with Gasteiger partial charge in [-0.2, -0.15) is 5.10 Å². The molecule has 0 aliphatic carbocycles. The highest BCUT2D eigenvalue weighted by Crippen LogP contribution is 2.36. The SMILES string of the molecule is CCCCC(CC)CN1C(=O)C(=Cc2cn(-c3ccccc3)nc2-c2ccc(F)cc2)SC1=S. The number of amides is 1. The van der Waals surface area contributed by atoms with Crippen molar-refractivity contribution in [2.24, 2.45) is 5.92 Å². The van der Waals surface area contributed by atoms with Crippen molar-refractivity contribution in [3.05, 3.63) is 77.1 Å². The fourth-order valence-electron chi connectivity index (χ4n) is 4.01. The van der Waals surface area contributed by atoms with Crippen LogP contribution in [-0.4, -0.2) is 31.5 Å². The summed E-state index contributed by atoms with van der Waals surface area (Å²) < 4.78 is 15.9. The molecule has 0 radical (unpaired) electrons. The third kappa shape index (κ3) is 5.47. The Bertz CT molecular complexity index is 1190. The maximum absolute atomic E-state index is 13.5. The molecule has 1 fully saturated rings. The number of nitrogens with zero attached hydrogens (tertiary/aromatic N) is 3. The predicted molar refractivity (Wildman–Crippen MR) is 142 cm³/mol. The van der Waals surface area contributed by atoms with E-state index < -0.39 is 0 Å². The Labute approximate surface area is 209 Å². The van der Waals surface area contributed by atoms with Crippen LogP contribution in [0.4, 0.5) is 4.39 Å². The molecule has 1 amide bonds. The van der Waals surface area contributed by atoms with E-state index in [0.29, 0.717) is 27.4 Å². The summed E-state index contributed by atoms with van der Waals surface area (Å²) >= 11 is 6.91. The molecule has 0 bridgehead atoms. The maximum atomic E-state index is 13.5. The molecule has 1 atom stereocenters. The summed E-state index contributed by atoms with van der Waals surface area (Å²) in [5.74, 6) is 0.0853. The molecular formula is C27H28FN3OS2. The summed E-state index contributed by atoms with van der Waals surface area (Å²) in [5.41, 5.74) is 3.15. The van der Waals surface area contributed by atoms with E-state index in [-0.39, 0.29) is 11.7 Å². The minimum absolute atomic E-state index is 0.0533. The highest BCUT2D eigenvalue weighted by Gasteiger charge is 2.33. The smallest absolute Gasteiger partial charge is 0.266 e. The molecule has 176 valence electrons. The van der Waals surface area contributed by atoms with Crippen LogP contribution in [0.15, 0.2) is 65.7 Å². The molecule has 2 aromatic carbocycles. The lowest BCUT2D eigenvalue weighted by atomic mass is 9.99. The molecule has 4 nitrogen and oxygen atoms in total. The van der Waals surface area contributed by atoms with Gasteiger partial charge in [0.05, 0.1) is 16.3 Å². The second kappa shape index (κ2) is 11.1. The number of carbonyl (C=O) groups is 1. The van der Waals surface area contributed by atoms with Crippen LogP contribution in [-0.2, 0) is 4.79 Å². The van der Waals surface area contributed by atoms with E-state index in [1.165, 1.54) is 23.9 Å². The first-order valence-electron chi connectivity index (χ1n) is 11.7.